The largest absolute Gasteiger partial charge is 0.426 e. The SMILES string of the molecule is Cc1cc(Nc2cccc(OC(=O)CCc3ccccc3)c2)ncn1. The van der Waals surface area contributed by atoms with E-state index in [1.807, 2.05) is 55.5 Å². The molecule has 2 aromatic carbocycles. The summed E-state index contributed by atoms with van der Waals surface area (Å²) in [7, 11) is 0. The van der Waals surface area contributed by atoms with Gasteiger partial charge in [0.25, 0.3) is 0 Å². The van der Waals surface area contributed by atoms with Crippen LogP contribution in [0.2, 0.25) is 0 Å². The first kappa shape index (κ1) is 16.6. The second kappa shape index (κ2) is 8.06. The lowest BCUT2D eigenvalue weighted by Gasteiger charge is -2.09. The van der Waals surface area contributed by atoms with E-state index in [-0.39, 0.29) is 5.97 Å². The van der Waals surface area contributed by atoms with Crippen LogP contribution in [0.4, 0.5) is 11.5 Å². The van der Waals surface area contributed by atoms with Crippen LogP contribution in [0.25, 0.3) is 0 Å². The molecule has 0 bridgehead atoms. The van der Waals surface area contributed by atoms with Gasteiger partial charge in [-0.1, -0.05) is 36.4 Å². The Morgan fingerprint density at radius 2 is 1.88 bits per heavy atom. The number of aryl methyl sites for hydroxylation is 2. The van der Waals surface area contributed by atoms with E-state index in [0.29, 0.717) is 24.4 Å². The molecule has 0 saturated carbocycles. The number of hydrogen-bond donors (Lipinski definition) is 1. The molecule has 0 saturated heterocycles. The lowest BCUT2D eigenvalue weighted by atomic mass is 10.1. The third-order valence-electron chi connectivity index (χ3n) is 3.60. The van der Waals surface area contributed by atoms with Crippen molar-refractivity contribution in [2.75, 3.05) is 5.32 Å². The summed E-state index contributed by atoms with van der Waals surface area (Å²) >= 11 is 0. The van der Waals surface area contributed by atoms with Gasteiger partial charge in [0, 0.05) is 29.9 Å². The number of hydrogen-bond acceptors (Lipinski definition) is 5. The first-order valence-corrected chi connectivity index (χ1v) is 8.09. The maximum absolute atomic E-state index is 12.0. The van der Waals surface area contributed by atoms with Crippen LogP contribution in [0, 0.1) is 6.92 Å². The van der Waals surface area contributed by atoms with Gasteiger partial charge in [0.2, 0.25) is 0 Å². The number of nitrogens with one attached hydrogen (secondary N) is 1. The highest BCUT2D eigenvalue weighted by atomic mass is 16.5. The number of anilines is 2. The first-order valence-electron chi connectivity index (χ1n) is 8.09. The molecule has 0 aliphatic heterocycles. The summed E-state index contributed by atoms with van der Waals surface area (Å²) in [5.74, 6) is 0.952. The molecule has 3 rings (SSSR count). The number of carbonyl (C=O) groups is 1. The molecule has 3 aromatic rings. The van der Waals surface area contributed by atoms with Gasteiger partial charge in [0.05, 0.1) is 0 Å². The second-order valence-electron chi connectivity index (χ2n) is 5.66. The molecule has 5 heteroatoms. The summed E-state index contributed by atoms with van der Waals surface area (Å²) in [6.45, 7) is 1.90. The smallest absolute Gasteiger partial charge is 0.311 e. The van der Waals surface area contributed by atoms with Gasteiger partial charge < -0.3 is 10.1 Å². The van der Waals surface area contributed by atoms with E-state index in [1.165, 1.54) is 6.33 Å². The Labute approximate surface area is 146 Å². The van der Waals surface area contributed by atoms with Crippen LogP contribution in [-0.2, 0) is 11.2 Å². The molecule has 0 spiro atoms. The first-order chi connectivity index (χ1) is 12.2. The lowest BCUT2D eigenvalue weighted by molar-refractivity contribution is -0.134. The number of benzene rings is 2. The molecule has 0 atom stereocenters. The Bertz CT molecular complexity index is 850. The molecule has 0 unspecified atom stereocenters. The standard InChI is InChI=1S/C20H19N3O2/c1-15-12-19(22-14-21-15)23-17-8-5-9-18(13-17)25-20(24)11-10-16-6-3-2-4-7-16/h2-9,12-14H,10-11H2,1H3,(H,21,22,23). The van der Waals surface area contributed by atoms with Gasteiger partial charge in [-0.15, -0.1) is 0 Å². The third-order valence-corrected chi connectivity index (χ3v) is 3.60. The molecule has 1 heterocycles. The Morgan fingerprint density at radius 1 is 1.04 bits per heavy atom. The van der Waals surface area contributed by atoms with E-state index in [0.717, 1.165) is 16.9 Å². The van der Waals surface area contributed by atoms with Crippen molar-refractivity contribution in [1.82, 2.24) is 9.97 Å². The second-order valence-corrected chi connectivity index (χ2v) is 5.66. The molecular weight excluding hydrogens is 314 g/mol. The zero-order valence-electron chi connectivity index (χ0n) is 14.0. The number of rotatable bonds is 6. The van der Waals surface area contributed by atoms with Crippen LogP contribution in [0.15, 0.2) is 67.0 Å². The summed E-state index contributed by atoms with van der Waals surface area (Å²) in [5.41, 5.74) is 2.79. The van der Waals surface area contributed by atoms with Gasteiger partial charge in [0.15, 0.2) is 0 Å². The highest BCUT2D eigenvalue weighted by Crippen LogP contribution is 2.21. The topological polar surface area (TPSA) is 64.1 Å². The van der Waals surface area contributed by atoms with Crippen LogP contribution < -0.4 is 10.1 Å². The summed E-state index contributed by atoms with van der Waals surface area (Å²) in [5, 5.41) is 3.17. The summed E-state index contributed by atoms with van der Waals surface area (Å²) in [6, 6.07) is 19.0. The molecule has 126 valence electrons. The van der Waals surface area contributed by atoms with Gasteiger partial charge in [-0.3, -0.25) is 4.79 Å². The molecule has 0 aliphatic carbocycles. The number of aromatic nitrogens is 2. The van der Waals surface area contributed by atoms with Crippen molar-refractivity contribution in [2.45, 2.75) is 19.8 Å². The number of ether oxygens (including phenoxy) is 1. The molecule has 0 aliphatic rings. The van der Waals surface area contributed by atoms with E-state index in [9.17, 15) is 4.79 Å². The summed E-state index contributed by atoms with van der Waals surface area (Å²) in [4.78, 5) is 20.3. The predicted molar refractivity (Wildman–Crippen MR) is 96.9 cm³/mol. The molecule has 1 aromatic heterocycles. The highest BCUT2D eigenvalue weighted by Gasteiger charge is 2.06. The zero-order chi connectivity index (χ0) is 17.5. The van der Waals surface area contributed by atoms with Crippen LogP contribution in [0.3, 0.4) is 0 Å². The van der Waals surface area contributed by atoms with Crippen molar-refractivity contribution in [3.63, 3.8) is 0 Å². The van der Waals surface area contributed by atoms with Gasteiger partial charge in [-0.25, -0.2) is 9.97 Å². The average Bonchev–Trinajstić information content (AvgIpc) is 2.61. The number of carbonyl (C=O) groups excluding carboxylic acids is 1. The maximum atomic E-state index is 12.0. The minimum Gasteiger partial charge on any atom is -0.426 e. The van der Waals surface area contributed by atoms with Gasteiger partial charge in [0.1, 0.15) is 17.9 Å². The fourth-order valence-electron chi connectivity index (χ4n) is 2.38. The van der Waals surface area contributed by atoms with Crippen LogP contribution in [0.5, 0.6) is 5.75 Å². The number of nitrogens with zero attached hydrogens (tertiary/aromatic N) is 2. The summed E-state index contributed by atoms with van der Waals surface area (Å²) < 4.78 is 5.43. The van der Waals surface area contributed by atoms with Crippen LogP contribution >= 0.6 is 0 Å². The van der Waals surface area contributed by atoms with Gasteiger partial charge in [-0.2, -0.15) is 0 Å². The molecule has 0 fully saturated rings. The highest BCUT2D eigenvalue weighted by molar-refractivity contribution is 5.73. The van der Waals surface area contributed by atoms with Gasteiger partial charge in [-0.05, 0) is 31.0 Å². The third kappa shape index (κ3) is 5.14. The molecule has 1 N–H and O–H groups in total. The maximum Gasteiger partial charge on any atom is 0.311 e. The molecule has 25 heavy (non-hydrogen) atoms. The van der Waals surface area contributed by atoms with E-state index >= 15 is 0 Å². The Balaban J connectivity index is 1.58. The molecule has 0 radical (unpaired) electrons. The summed E-state index contributed by atoms with van der Waals surface area (Å²) in [6.07, 6.45) is 2.51. The normalized spacial score (nSPS) is 10.3. The van der Waals surface area contributed by atoms with E-state index in [2.05, 4.69) is 15.3 Å². The molecular formula is C20H19N3O2. The van der Waals surface area contributed by atoms with E-state index < -0.39 is 0 Å². The quantitative estimate of drug-likeness (QED) is 0.544. The molecule has 0 amide bonds. The molecule has 5 nitrogen and oxygen atoms in total. The Kier molecular flexibility index (Phi) is 5.36. The lowest BCUT2D eigenvalue weighted by Crippen LogP contribution is -2.09. The Hall–Kier alpha value is -3.21. The van der Waals surface area contributed by atoms with Crippen molar-refractivity contribution in [1.29, 1.82) is 0 Å². The predicted octanol–water partition coefficient (Wildman–Crippen LogP) is 4.07. The van der Waals surface area contributed by atoms with E-state index in [4.69, 9.17) is 4.74 Å². The zero-order valence-corrected chi connectivity index (χ0v) is 14.0. The van der Waals surface area contributed by atoms with Crippen molar-refractivity contribution >= 4 is 17.5 Å². The fourth-order valence-corrected chi connectivity index (χ4v) is 2.38. The minimum absolute atomic E-state index is 0.251. The average molecular weight is 333 g/mol. The van der Waals surface area contributed by atoms with Crippen molar-refractivity contribution in [2.24, 2.45) is 0 Å². The van der Waals surface area contributed by atoms with Crippen molar-refractivity contribution in [3.05, 3.63) is 78.2 Å². The van der Waals surface area contributed by atoms with Crippen LogP contribution in [0.1, 0.15) is 17.7 Å². The van der Waals surface area contributed by atoms with Crippen LogP contribution in [-0.4, -0.2) is 15.9 Å². The monoisotopic (exact) mass is 333 g/mol. The number of esters is 1. The van der Waals surface area contributed by atoms with E-state index in [1.54, 1.807) is 12.1 Å². The fraction of sp³-hybridized carbons (Fsp3) is 0.150. The Morgan fingerprint density at radius 3 is 2.68 bits per heavy atom. The van der Waals surface area contributed by atoms with Crippen molar-refractivity contribution in [3.8, 4) is 5.75 Å². The van der Waals surface area contributed by atoms with Crippen molar-refractivity contribution < 1.29 is 9.53 Å². The van der Waals surface area contributed by atoms with Gasteiger partial charge >= 0.3 is 5.97 Å². The minimum atomic E-state index is -0.251.